The molecule has 2 aromatic carbocycles. The van der Waals surface area contributed by atoms with E-state index in [-0.39, 0.29) is 5.91 Å². The van der Waals surface area contributed by atoms with Gasteiger partial charge in [0.1, 0.15) is 5.75 Å². The average Bonchev–Trinajstić information content (AvgIpc) is 2.64. The molecule has 0 bridgehead atoms. The van der Waals surface area contributed by atoms with Gasteiger partial charge in [0.25, 0.3) is 5.91 Å². The average molecular weight is 318 g/mol. The highest BCUT2D eigenvalue weighted by molar-refractivity contribution is 5.94. The Kier molecular flexibility index (Phi) is 4.87. The van der Waals surface area contributed by atoms with Crippen molar-refractivity contribution in [2.75, 3.05) is 5.32 Å². The number of hydrogen-bond acceptors (Lipinski definition) is 3. The van der Waals surface area contributed by atoms with Crippen LogP contribution in [-0.2, 0) is 4.79 Å². The van der Waals surface area contributed by atoms with Gasteiger partial charge in [0.2, 0.25) is 0 Å². The van der Waals surface area contributed by atoms with E-state index in [1.165, 1.54) is 0 Å². The van der Waals surface area contributed by atoms with Gasteiger partial charge in [-0.3, -0.25) is 9.78 Å². The van der Waals surface area contributed by atoms with Gasteiger partial charge in [0, 0.05) is 11.9 Å². The molecule has 4 nitrogen and oxygen atoms in total. The quantitative estimate of drug-likeness (QED) is 0.768. The van der Waals surface area contributed by atoms with Crippen LogP contribution >= 0.6 is 0 Å². The number of hydrogen-bond donors (Lipinski definition) is 1. The van der Waals surface area contributed by atoms with Gasteiger partial charge in [-0.05, 0) is 42.3 Å². The van der Waals surface area contributed by atoms with Crippen molar-refractivity contribution in [2.45, 2.75) is 13.0 Å². The molecule has 1 N–H and O–H groups in total. The van der Waals surface area contributed by atoms with Crippen LogP contribution in [0.5, 0.6) is 5.75 Å². The van der Waals surface area contributed by atoms with E-state index >= 15 is 0 Å². The molecule has 0 aliphatic heterocycles. The zero-order chi connectivity index (χ0) is 16.8. The summed E-state index contributed by atoms with van der Waals surface area (Å²) in [5.41, 5.74) is 2.98. The maximum Gasteiger partial charge on any atom is 0.265 e. The van der Waals surface area contributed by atoms with Crippen LogP contribution in [0, 0.1) is 0 Å². The van der Waals surface area contributed by atoms with Crippen LogP contribution in [0.4, 0.5) is 5.69 Å². The standard InChI is InChI=1S/C20H18N2O2/c1-15(24-19-8-5-13-21-14-19)20(23)22-18-11-9-17(10-12-18)16-6-3-2-4-7-16/h2-15H,1H3,(H,22,23). The maximum absolute atomic E-state index is 12.2. The Labute approximate surface area is 141 Å². The number of nitrogens with zero attached hydrogens (tertiary/aromatic N) is 1. The van der Waals surface area contributed by atoms with Gasteiger partial charge in [-0.25, -0.2) is 0 Å². The molecule has 4 heteroatoms. The molecule has 0 aliphatic rings. The van der Waals surface area contributed by atoms with E-state index in [9.17, 15) is 4.79 Å². The lowest BCUT2D eigenvalue weighted by atomic mass is 10.1. The first-order chi connectivity index (χ1) is 11.7. The number of benzene rings is 2. The summed E-state index contributed by atoms with van der Waals surface area (Å²) in [5, 5.41) is 2.86. The number of anilines is 1. The van der Waals surface area contributed by atoms with Crippen molar-refractivity contribution < 1.29 is 9.53 Å². The summed E-state index contributed by atoms with van der Waals surface area (Å²) in [6, 6.07) is 21.4. The zero-order valence-corrected chi connectivity index (χ0v) is 13.3. The van der Waals surface area contributed by atoms with Gasteiger partial charge in [0.05, 0.1) is 6.20 Å². The first kappa shape index (κ1) is 15.7. The molecule has 3 aromatic rings. The zero-order valence-electron chi connectivity index (χ0n) is 13.3. The number of carbonyl (C=O) groups is 1. The summed E-state index contributed by atoms with van der Waals surface area (Å²) >= 11 is 0. The minimum Gasteiger partial charge on any atom is -0.479 e. The van der Waals surface area contributed by atoms with Crippen molar-refractivity contribution in [3.63, 3.8) is 0 Å². The Hall–Kier alpha value is -3.14. The summed E-state index contributed by atoms with van der Waals surface area (Å²) in [7, 11) is 0. The van der Waals surface area contributed by atoms with E-state index in [4.69, 9.17) is 4.74 Å². The Morgan fingerprint density at radius 1 is 0.958 bits per heavy atom. The second kappa shape index (κ2) is 7.42. The molecule has 1 aromatic heterocycles. The molecule has 0 saturated heterocycles. The molecule has 1 heterocycles. The second-order valence-electron chi connectivity index (χ2n) is 5.38. The molecule has 0 fully saturated rings. The van der Waals surface area contributed by atoms with Crippen molar-refractivity contribution in [1.29, 1.82) is 0 Å². The van der Waals surface area contributed by atoms with Crippen molar-refractivity contribution in [3.05, 3.63) is 79.1 Å². The first-order valence-electron chi connectivity index (χ1n) is 7.75. The first-order valence-corrected chi connectivity index (χ1v) is 7.75. The van der Waals surface area contributed by atoms with Gasteiger partial charge in [-0.2, -0.15) is 0 Å². The molecule has 1 amide bonds. The van der Waals surface area contributed by atoms with Gasteiger partial charge < -0.3 is 10.1 Å². The molecule has 3 rings (SSSR count). The Bertz CT molecular complexity index is 787. The molecular formula is C20H18N2O2. The van der Waals surface area contributed by atoms with E-state index in [1.807, 2.05) is 42.5 Å². The number of carbonyl (C=O) groups excluding carboxylic acids is 1. The number of ether oxygens (including phenoxy) is 1. The predicted octanol–water partition coefficient (Wildman–Crippen LogP) is 4.15. The predicted molar refractivity (Wildman–Crippen MR) is 94.8 cm³/mol. The van der Waals surface area contributed by atoms with E-state index in [0.717, 1.165) is 16.8 Å². The third-order valence-electron chi connectivity index (χ3n) is 3.58. The molecular weight excluding hydrogens is 300 g/mol. The normalized spacial score (nSPS) is 11.5. The number of aromatic nitrogens is 1. The Morgan fingerprint density at radius 3 is 2.33 bits per heavy atom. The van der Waals surface area contributed by atoms with Crippen molar-refractivity contribution in [1.82, 2.24) is 4.98 Å². The molecule has 0 spiro atoms. The second-order valence-corrected chi connectivity index (χ2v) is 5.38. The van der Waals surface area contributed by atoms with Gasteiger partial charge >= 0.3 is 0 Å². The van der Waals surface area contributed by atoms with Crippen LogP contribution in [0.2, 0.25) is 0 Å². The SMILES string of the molecule is CC(Oc1cccnc1)C(=O)Nc1ccc(-c2ccccc2)cc1. The highest BCUT2D eigenvalue weighted by Gasteiger charge is 2.14. The maximum atomic E-state index is 12.2. The minimum absolute atomic E-state index is 0.202. The lowest BCUT2D eigenvalue weighted by Crippen LogP contribution is -2.30. The molecule has 1 atom stereocenters. The van der Waals surface area contributed by atoms with Crippen molar-refractivity contribution in [3.8, 4) is 16.9 Å². The molecule has 0 radical (unpaired) electrons. The van der Waals surface area contributed by atoms with Gasteiger partial charge in [-0.15, -0.1) is 0 Å². The monoisotopic (exact) mass is 318 g/mol. The molecule has 0 aliphatic carbocycles. The molecule has 120 valence electrons. The summed E-state index contributed by atoms with van der Waals surface area (Å²) in [4.78, 5) is 16.2. The fraction of sp³-hybridized carbons (Fsp3) is 0.100. The van der Waals surface area contributed by atoms with E-state index in [0.29, 0.717) is 5.75 Å². The van der Waals surface area contributed by atoms with Gasteiger partial charge in [-0.1, -0.05) is 42.5 Å². The largest absolute Gasteiger partial charge is 0.479 e. The Balaban J connectivity index is 1.62. The fourth-order valence-corrected chi connectivity index (χ4v) is 2.29. The lowest BCUT2D eigenvalue weighted by Gasteiger charge is -2.14. The smallest absolute Gasteiger partial charge is 0.265 e. The van der Waals surface area contributed by atoms with Crippen LogP contribution < -0.4 is 10.1 Å². The Morgan fingerprint density at radius 2 is 1.67 bits per heavy atom. The summed E-state index contributed by atoms with van der Waals surface area (Å²) in [5.74, 6) is 0.367. The number of pyridine rings is 1. The van der Waals surface area contributed by atoms with Crippen LogP contribution in [0.15, 0.2) is 79.1 Å². The third-order valence-corrected chi connectivity index (χ3v) is 3.58. The number of rotatable bonds is 5. The number of nitrogens with one attached hydrogen (secondary N) is 1. The van der Waals surface area contributed by atoms with Crippen molar-refractivity contribution >= 4 is 11.6 Å². The number of amides is 1. The van der Waals surface area contributed by atoms with Gasteiger partial charge in [0.15, 0.2) is 6.10 Å². The highest BCUT2D eigenvalue weighted by Crippen LogP contribution is 2.21. The van der Waals surface area contributed by atoms with Crippen LogP contribution in [-0.4, -0.2) is 17.0 Å². The summed E-state index contributed by atoms with van der Waals surface area (Å²) in [6.45, 7) is 1.71. The molecule has 24 heavy (non-hydrogen) atoms. The van der Waals surface area contributed by atoms with E-state index in [1.54, 1.807) is 31.5 Å². The molecule has 1 unspecified atom stereocenters. The van der Waals surface area contributed by atoms with Crippen LogP contribution in [0.3, 0.4) is 0 Å². The summed E-state index contributed by atoms with van der Waals surface area (Å²) < 4.78 is 5.57. The van der Waals surface area contributed by atoms with Crippen LogP contribution in [0.1, 0.15) is 6.92 Å². The summed E-state index contributed by atoms with van der Waals surface area (Å²) in [6.07, 6.45) is 2.63. The topological polar surface area (TPSA) is 51.2 Å². The highest BCUT2D eigenvalue weighted by atomic mass is 16.5. The van der Waals surface area contributed by atoms with Crippen LogP contribution in [0.25, 0.3) is 11.1 Å². The van der Waals surface area contributed by atoms with E-state index < -0.39 is 6.10 Å². The van der Waals surface area contributed by atoms with E-state index in [2.05, 4.69) is 22.4 Å². The fourth-order valence-electron chi connectivity index (χ4n) is 2.29. The van der Waals surface area contributed by atoms with Crippen molar-refractivity contribution in [2.24, 2.45) is 0 Å². The minimum atomic E-state index is -0.608. The molecule has 0 saturated carbocycles. The lowest BCUT2D eigenvalue weighted by molar-refractivity contribution is -0.122. The third kappa shape index (κ3) is 3.98.